The van der Waals surface area contributed by atoms with Gasteiger partial charge in [-0.15, -0.1) is 0 Å². The summed E-state index contributed by atoms with van der Waals surface area (Å²) in [6.45, 7) is 4.34. The Morgan fingerprint density at radius 1 is 1.47 bits per heavy atom. The summed E-state index contributed by atoms with van der Waals surface area (Å²) >= 11 is 7.22. The maximum absolute atomic E-state index is 5.84. The van der Waals surface area contributed by atoms with Crippen molar-refractivity contribution in [3.05, 3.63) is 29.3 Å². The molecule has 104 valence electrons. The van der Waals surface area contributed by atoms with E-state index in [1.165, 1.54) is 30.6 Å². The molecule has 4 heteroatoms. The smallest absolute Gasteiger partial charge is 0.106 e. The maximum atomic E-state index is 5.84. The van der Waals surface area contributed by atoms with Crippen LogP contribution >= 0.6 is 24.0 Å². The molecular formula is C15H22N2S2. The zero-order chi connectivity index (χ0) is 13.8. The van der Waals surface area contributed by atoms with Crippen molar-refractivity contribution >= 4 is 34.7 Å². The molecule has 0 aromatic heterocycles. The Bertz CT molecular complexity index is 459. The molecule has 0 aliphatic heterocycles. The molecule has 2 nitrogen and oxygen atoms in total. The third kappa shape index (κ3) is 3.42. The van der Waals surface area contributed by atoms with E-state index in [4.69, 9.17) is 18.0 Å². The van der Waals surface area contributed by atoms with Crippen LogP contribution < -0.4 is 11.1 Å². The van der Waals surface area contributed by atoms with Crippen LogP contribution in [-0.2, 0) is 0 Å². The van der Waals surface area contributed by atoms with E-state index in [-0.39, 0.29) is 0 Å². The van der Waals surface area contributed by atoms with Crippen molar-refractivity contribution in [1.29, 1.82) is 0 Å². The number of anilines is 1. The fourth-order valence-electron chi connectivity index (χ4n) is 2.75. The van der Waals surface area contributed by atoms with Gasteiger partial charge >= 0.3 is 0 Å². The van der Waals surface area contributed by atoms with E-state index in [0.717, 1.165) is 11.3 Å². The molecule has 0 radical (unpaired) electrons. The minimum Gasteiger partial charge on any atom is -0.389 e. The number of benzene rings is 1. The first-order chi connectivity index (χ1) is 9.13. The highest BCUT2D eigenvalue weighted by atomic mass is 32.2. The lowest BCUT2D eigenvalue weighted by atomic mass is 10.1. The van der Waals surface area contributed by atoms with Crippen LogP contribution in [0.1, 0.15) is 37.3 Å². The second-order valence-electron chi connectivity index (χ2n) is 5.04. The molecule has 0 spiro atoms. The number of hydrogen-bond acceptors (Lipinski definition) is 3. The second kappa shape index (κ2) is 6.62. The summed E-state index contributed by atoms with van der Waals surface area (Å²) in [6, 6.07) is 6.68. The molecule has 2 unspecified atom stereocenters. The van der Waals surface area contributed by atoms with Gasteiger partial charge in [0.05, 0.1) is 0 Å². The van der Waals surface area contributed by atoms with Crippen LogP contribution in [0.4, 0.5) is 5.69 Å². The lowest BCUT2D eigenvalue weighted by Gasteiger charge is -2.24. The highest BCUT2D eigenvalue weighted by molar-refractivity contribution is 7.99. The topological polar surface area (TPSA) is 38.0 Å². The van der Waals surface area contributed by atoms with E-state index >= 15 is 0 Å². The zero-order valence-corrected chi connectivity index (χ0v) is 13.2. The number of thiocarbonyl (C=S) groups is 1. The molecule has 1 saturated carbocycles. The van der Waals surface area contributed by atoms with Crippen molar-refractivity contribution in [2.24, 2.45) is 5.73 Å². The Morgan fingerprint density at radius 3 is 2.95 bits per heavy atom. The largest absolute Gasteiger partial charge is 0.389 e. The lowest BCUT2D eigenvalue weighted by Crippen LogP contribution is -2.28. The molecule has 2 rings (SSSR count). The molecule has 3 N–H and O–H groups in total. The summed E-state index contributed by atoms with van der Waals surface area (Å²) in [5.74, 6) is 1.18. The van der Waals surface area contributed by atoms with Crippen LogP contribution in [-0.4, -0.2) is 22.0 Å². The minimum absolute atomic E-state index is 0.476. The van der Waals surface area contributed by atoms with Gasteiger partial charge in [-0.2, -0.15) is 11.8 Å². The van der Waals surface area contributed by atoms with E-state index in [9.17, 15) is 0 Å². The molecule has 1 aliphatic rings. The normalized spacial score (nSPS) is 22.4. The first-order valence-corrected chi connectivity index (χ1v) is 8.36. The van der Waals surface area contributed by atoms with Crippen LogP contribution in [0.5, 0.6) is 0 Å². The van der Waals surface area contributed by atoms with Gasteiger partial charge in [-0.05, 0) is 37.1 Å². The number of aryl methyl sites for hydroxylation is 1. The van der Waals surface area contributed by atoms with Gasteiger partial charge in [0, 0.05) is 22.5 Å². The third-order valence-corrected chi connectivity index (χ3v) is 5.25. The Morgan fingerprint density at radius 2 is 2.26 bits per heavy atom. The molecule has 1 fully saturated rings. The van der Waals surface area contributed by atoms with Crippen LogP contribution in [0.15, 0.2) is 18.2 Å². The average Bonchev–Trinajstić information content (AvgIpc) is 2.79. The van der Waals surface area contributed by atoms with Gasteiger partial charge in [0.2, 0.25) is 0 Å². The SMILES string of the molecule is CCSC1CCCC1Nc1c(C)cccc1C(N)=S. The standard InChI is InChI=1S/C15H22N2S2/c1-3-19-13-9-5-8-12(13)17-14-10(2)6-4-7-11(14)15(16)18/h4,6-7,12-13,17H,3,5,8-9H2,1-2H3,(H2,16,18). The Balaban J connectivity index is 2.20. The Hall–Kier alpha value is -0.740. The van der Waals surface area contributed by atoms with Gasteiger partial charge in [-0.25, -0.2) is 0 Å². The number of rotatable bonds is 5. The van der Waals surface area contributed by atoms with Crippen molar-refractivity contribution < 1.29 is 0 Å². The van der Waals surface area contributed by atoms with E-state index in [2.05, 4.69) is 37.0 Å². The fraction of sp³-hybridized carbons (Fsp3) is 0.533. The number of thioether (sulfide) groups is 1. The van der Waals surface area contributed by atoms with Gasteiger partial charge < -0.3 is 11.1 Å². The van der Waals surface area contributed by atoms with Crippen molar-refractivity contribution in [1.82, 2.24) is 0 Å². The van der Waals surface area contributed by atoms with Crippen molar-refractivity contribution in [2.75, 3.05) is 11.1 Å². The summed E-state index contributed by atoms with van der Waals surface area (Å²) < 4.78 is 0. The number of para-hydroxylation sites is 1. The van der Waals surface area contributed by atoms with Gasteiger partial charge in [0.1, 0.15) is 4.99 Å². The van der Waals surface area contributed by atoms with Crippen LogP contribution in [0.2, 0.25) is 0 Å². The summed E-state index contributed by atoms with van der Waals surface area (Å²) in [6.07, 6.45) is 3.86. The number of nitrogens with two attached hydrogens (primary N) is 1. The molecule has 1 aliphatic carbocycles. The van der Waals surface area contributed by atoms with Crippen LogP contribution in [0.3, 0.4) is 0 Å². The van der Waals surface area contributed by atoms with Gasteiger partial charge in [0.25, 0.3) is 0 Å². The molecular weight excluding hydrogens is 272 g/mol. The van der Waals surface area contributed by atoms with Gasteiger partial charge in [-0.3, -0.25) is 0 Å². The summed E-state index contributed by atoms with van der Waals surface area (Å²) in [5.41, 5.74) is 9.16. The second-order valence-corrected chi connectivity index (χ2v) is 6.99. The molecule has 0 bridgehead atoms. The first-order valence-electron chi connectivity index (χ1n) is 6.91. The monoisotopic (exact) mass is 294 g/mol. The Kier molecular flexibility index (Phi) is 5.11. The highest BCUT2D eigenvalue weighted by Gasteiger charge is 2.27. The zero-order valence-electron chi connectivity index (χ0n) is 11.6. The third-order valence-electron chi connectivity index (χ3n) is 3.70. The maximum Gasteiger partial charge on any atom is 0.106 e. The summed E-state index contributed by atoms with van der Waals surface area (Å²) in [4.78, 5) is 0.476. The number of nitrogens with one attached hydrogen (secondary N) is 1. The van der Waals surface area contributed by atoms with Gasteiger partial charge in [0.15, 0.2) is 0 Å². The Labute approximate surface area is 125 Å². The average molecular weight is 294 g/mol. The van der Waals surface area contributed by atoms with Crippen LogP contribution in [0.25, 0.3) is 0 Å². The lowest BCUT2D eigenvalue weighted by molar-refractivity contribution is 0.766. The van der Waals surface area contributed by atoms with E-state index in [0.29, 0.717) is 16.3 Å². The van der Waals surface area contributed by atoms with Crippen LogP contribution in [0, 0.1) is 6.92 Å². The molecule has 0 saturated heterocycles. The van der Waals surface area contributed by atoms with Crippen molar-refractivity contribution in [3.63, 3.8) is 0 Å². The highest BCUT2D eigenvalue weighted by Crippen LogP contribution is 2.33. The molecule has 0 amide bonds. The summed E-state index contributed by atoms with van der Waals surface area (Å²) in [7, 11) is 0. The molecule has 19 heavy (non-hydrogen) atoms. The first kappa shape index (κ1) is 14.7. The van der Waals surface area contributed by atoms with E-state index < -0.39 is 0 Å². The van der Waals surface area contributed by atoms with Gasteiger partial charge in [-0.1, -0.05) is 37.7 Å². The van der Waals surface area contributed by atoms with Crippen molar-refractivity contribution in [3.8, 4) is 0 Å². The fourth-order valence-corrected chi connectivity index (χ4v) is 4.12. The summed E-state index contributed by atoms with van der Waals surface area (Å²) in [5, 5.41) is 4.42. The number of hydrogen-bond donors (Lipinski definition) is 2. The predicted octanol–water partition coefficient (Wildman–Crippen LogP) is 3.72. The quantitative estimate of drug-likeness (QED) is 0.812. The molecule has 1 aromatic carbocycles. The molecule has 2 atom stereocenters. The molecule has 0 heterocycles. The predicted molar refractivity (Wildman–Crippen MR) is 90.2 cm³/mol. The van der Waals surface area contributed by atoms with E-state index in [1.54, 1.807) is 0 Å². The van der Waals surface area contributed by atoms with Crippen molar-refractivity contribution in [2.45, 2.75) is 44.4 Å². The minimum atomic E-state index is 0.476. The molecule has 1 aromatic rings. The van der Waals surface area contributed by atoms with E-state index in [1.807, 2.05) is 12.1 Å².